The van der Waals surface area contributed by atoms with Crippen LogP contribution in [0, 0.1) is 69.2 Å². The van der Waals surface area contributed by atoms with Crippen molar-refractivity contribution in [2.75, 3.05) is 0 Å². The Balaban J connectivity index is 0.000000181. The summed E-state index contributed by atoms with van der Waals surface area (Å²) in [6, 6.07) is 66.0. The van der Waals surface area contributed by atoms with Gasteiger partial charge in [0, 0.05) is 16.5 Å². The van der Waals surface area contributed by atoms with Gasteiger partial charge in [0.25, 0.3) is 0 Å². The molecule has 0 spiro atoms. The van der Waals surface area contributed by atoms with Crippen molar-refractivity contribution >= 4 is 5.78 Å². The third kappa shape index (κ3) is 17.2. The van der Waals surface area contributed by atoms with Crippen LogP contribution in [-0.4, -0.2) is 5.78 Å². The zero-order valence-electron chi connectivity index (χ0n) is 40.3. The van der Waals surface area contributed by atoms with Gasteiger partial charge in [-0.2, -0.15) is 0 Å². The highest BCUT2D eigenvalue weighted by Crippen LogP contribution is 2.31. The van der Waals surface area contributed by atoms with Crippen molar-refractivity contribution in [3.8, 4) is 11.5 Å². The van der Waals surface area contributed by atoms with E-state index in [0.717, 1.165) is 22.6 Å². The van der Waals surface area contributed by atoms with Gasteiger partial charge in [0.2, 0.25) is 0 Å². The highest BCUT2D eigenvalue weighted by molar-refractivity contribution is 6.09. The SMILES string of the molecule is Cc1ccc(C(=O)c2ccc(C)cc2)cc1.Cc1ccc(C(C)(C)c2ccc(C)cc2)cc1.Cc1ccc(C)cc1.Cc1ccc(Oc2ccc(C)cc2)cc1.Cc1cccc(C)c1. The first-order valence-corrected chi connectivity index (χ1v) is 22.2. The van der Waals surface area contributed by atoms with Crippen LogP contribution in [0.2, 0.25) is 0 Å². The smallest absolute Gasteiger partial charge is 0.193 e. The largest absolute Gasteiger partial charge is 0.457 e. The number of hydrogen-bond donors (Lipinski definition) is 0. The predicted molar refractivity (Wildman–Crippen MR) is 275 cm³/mol. The van der Waals surface area contributed by atoms with E-state index in [1.807, 2.05) is 111 Å². The molecular formula is C62H68O2. The maximum absolute atomic E-state index is 12.1. The minimum atomic E-state index is 0.0708. The fourth-order valence-electron chi connectivity index (χ4n) is 6.48. The van der Waals surface area contributed by atoms with E-state index in [1.165, 1.54) is 66.8 Å². The molecule has 0 unspecified atom stereocenters. The van der Waals surface area contributed by atoms with E-state index in [0.29, 0.717) is 0 Å². The highest BCUT2D eigenvalue weighted by Gasteiger charge is 2.22. The van der Waals surface area contributed by atoms with Crippen molar-refractivity contribution in [1.29, 1.82) is 0 Å². The molecule has 0 atom stereocenters. The zero-order valence-corrected chi connectivity index (χ0v) is 40.3. The van der Waals surface area contributed by atoms with Gasteiger partial charge in [0.05, 0.1) is 0 Å². The van der Waals surface area contributed by atoms with Crippen LogP contribution in [-0.2, 0) is 5.41 Å². The van der Waals surface area contributed by atoms with E-state index >= 15 is 0 Å². The lowest BCUT2D eigenvalue weighted by Gasteiger charge is -2.26. The topological polar surface area (TPSA) is 26.3 Å². The van der Waals surface area contributed by atoms with Crippen molar-refractivity contribution in [3.05, 3.63) is 272 Å². The third-order valence-electron chi connectivity index (χ3n) is 10.8. The van der Waals surface area contributed by atoms with Crippen molar-refractivity contribution in [1.82, 2.24) is 0 Å². The van der Waals surface area contributed by atoms with Crippen molar-refractivity contribution in [3.63, 3.8) is 0 Å². The summed E-state index contributed by atoms with van der Waals surface area (Å²) in [5, 5.41) is 0. The normalized spacial score (nSPS) is 10.2. The molecule has 64 heavy (non-hydrogen) atoms. The van der Waals surface area contributed by atoms with Crippen molar-refractivity contribution in [2.45, 2.75) is 88.5 Å². The summed E-state index contributed by atoms with van der Waals surface area (Å²) in [5.74, 6) is 1.84. The Labute approximate surface area is 385 Å². The number of ether oxygens (including phenoxy) is 1. The average Bonchev–Trinajstić information content (AvgIpc) is 3.28. The molecule has 0 N–H and O–H groups in total. The molecule has 8 aromatic rings. The lowest BCUT2D eigenvalue weighted by molar-refractivity contribution is 0.103. The monoisotopic (exact) mass is 845 g/mol. The van der Waals surface area contributed by atoms with Crippen LogP contribution in [0.3, 0.4) is 0 Å². The molecule has 0 radical (unpaired) electrons. The number of rotatable bonds is 6. The first-order valence-electron chi connectivity index (χ1n) is 22.2. The minimum absolute atomic E-state index is 0.0708. The number of aryl methyl sites for hydroxylation is 10. The molecule has 2 heteroatoms. The quantitative estimate of drug-likeness (QED) is 0.156. The van der Waals surface area contributed by atoms with Crippen LogP contribution in [0.25, 0.3) is 0 Å². The Morgan fingerprint density at radius 3 is 0.797 bits per heavy atom. The molecule has 8 rings (SSSR count). The Bertz CT molecular complexity index is 2400. The standard InChI is InChI=1S/C17H20.C15H14O.C14H14O.2C8H10/c1-13-5-9-15(10-6-13)17(3,4)16-11-7-14(2)8-12-16;1-11-3-7-13(8-4-11)15(16)14-9-5-12(2)6-10-14;1-11-3-7-13(8-4-11)15-14-9-5-12(2)6-10-14;1-7-3-5-8(2)6-4-7;1-7-4-3-5-8(2)6-7/h5-12H,1-4H3;3-10H,1-2H3;3-10H,1-2H3;2*3-6H,1-2H3. The predicted octanol–water partition coefficient (Wildman–Crippen LogP) is 16.9. The van der Waals surface area contributed by atoms with E-state index in [4.69, 9.17) is 4.74 Å². The van der Waals surface area contributed by atoms with Gasteiger partial charge in [-0.05, 0) is 105 Å². The van der Waals surface area contributed by atoms with Crippen LogP contribution in [0.15, 0.2) is 194 Å². The van der Waals surface area contributed by atoms with Gasteiger partial charge in [0.15, 0.2) is 5.78 Å². The molecule has 328 valence electrons. The third-order valence-corrected chi connectivity index (χ3v) is 10.8. The second-order valence-electron chi connectivity index (χ2n) is 17.5. The van der Waals surface area contributed by atoms with Gasteiger partial charge in [-0.25, -0.2) is 0 Å². The summed E-state index contributed by atoms with van der Waals surface area (Å²) in [6.07, 6.45) is 0. The Morgan fingerprint density at radius 2 is 0.547 bits per heavy atom. The fraction of sp³-hybridized carbons (Fsp3) is 0.210. The number of carbonyl (C=O) groups excluding carboxylic acids is 1. The molecule has 0 aliphatic heterocycles. The lowest BCUT2D eigenvalue weighted by Crippen LogP contribution is -2.18. The van der Waals surface area contributed by atoms with E-state index in [9.17, 15) is 4.79 Å². The Hall–Kier alpha value is -6.77. The lowest BCUT2D eigenvalue weighted by atomic mass is 9.78. The van der Waals surface area contributed by atoms with Gasteiger partial charge in [-0.1, -0.05) is 239 Å². The number of ketones is 1. The van der Waals surface area contributed by atoms with E-state index in [-0.39, 0.29) is 11.2 Å². The molecule has 0 amide bonds. The maximum atomic E-state index is 12.1. The Kier molecular flexibility index (Phi) is 19.3. The number of benzene rings is 8. The molecule has 0 aromatic heterocycles. The summed E-state index contributed by atoms with van der Waals surface area (Å²) in [4.78, 5) is 12.1. The number of hydrogen-bond acceptors (Lipinski definition) is 2. The molecule has 0 bridgehead atoms. The van der Waals surface area contributed by atoms with Crippen LogP contribution in [0.4, 0.5) is 0 Å². The van der Waals surface area contributed by atoms with Crippen molar-refractivity contribution < 1.29 is 9.53 Å². The summed E-state index contributed by atoms with van der Waals surface area (Å²) < 4.78 is 5.69. The number of carbonyl (C=O) groups is 1. The molecular weight excluding hydrogens is 777 g/mol. The molecule has 0 fully saturated rings. The fourth-order valence-corrected chi connectivity index (χ4v) is 6.48. The average molecular weight is 845 g/mol. The molecule has 0 aliphatic rings. The molecule has 0 heterocycles. The molecule has 8 aromatic carbocycles. The molecule has 0 saturated carbocycles. The van der Waals surface area contributed by atoms with Gasteiger partial charge < -0.3 is 4.74 Å². The zero-order chi connectivity index (χ0) is 46.6. The highest BCUT2D eigenvalue weighted by atomic mass is 16.5. The van der Waals surface area contributed by atoms with Crippen LogP contribution in [0.5, 0.6) is 11.5 Å². The van der Waals surface area contributed by atoms with E-state index < -0.39 is 0 Å². The first kappa shape index (κ1) is 49.9. The first-order chi connectivity index (χ1) is 30.5. The summed E-state index contributed by atoms with van der Waals surface area (Å²) in [7, 11) is 0. The van der Waals surface area contributed by atoms with E-state index in [1.54, 1.807) is 0 Å². The van der Waals surface area contributed by atoms with Gasteiger partial charge in [-0.15, -0.1) is 0 Å². The summed E-state index contributed by atoms with van der Waals surface area (Å²) in [5.41, 5.74) is 17.1. The molecule has 0 saturated heterocycles. The Morgan fingerprint density at radius 1 is 0.312 bits per heavy atom. The van der Waals surface area contributed by atoms with Gasteiger partial charge in [0.1, 0.15) is 11.5 Å². The molecule has 2 nitrogen and oxygen atoms in total. The van der Waals surface area contributed by atoms with Crippen molar-refractivity contribution in [2.24, 2.45) is 0 Å². The summed E-state index contributed by atoms with van der Waals surface area (Å²) >= 11 is 0. The van der Waals surface area contributed by atoms with E-state index in [2.05, 4.69) is 166 Å². The second-order valence-corrected chi connectivity index (χ2v) is 17.5. The maximum Gasteiger partial charge on any atom is 0.193 e. The van der Waals surface area contributed by atoms with Gasteiger partial charge >= 0.3 is 0 Å². The van der Waals surface area contributed by atoms with Crippen LogP contribution < -0.4 is 4.74 Å². The van der Waals surface area contributed by atoms with Crippen LogP contribution in [0.1, 0.15) is 96.5 Å². The summed E-state index contributed by atoms with van der Waals surface area (Å²) in [6.45, 7) is 25.4. The van der Waals surface area contributed by atoms with Crippen LogP contribution >= 0.6 is 0 Å². The minimum Gasteiger partial charge on any atom is -0.457 e. The second kappa shape index (κ2) is 24.8. The molecule has 0 aliphatic carbocycles. The van der Waals surface area contributed by atoms with Gasteiger partial charge in [-0.3, -0.25) is 4.79 Å².